The van der Waals surface area contributed by atoms with Gasteiger partial charge in [0.15, 0.2) is 5.11 Å². The molecule has 0 aliphatic carbocycles. The number of thiocarbonyl (C=S) groups is 1. The molecule has 6 heteroatoms. The second-order valence-electron chi connectivity index (χ2n) is 5.27. The van der Waals surface area contributed by atoms with Gasteiger partial charge in [0.2, 0.25) is 0 Å². The summed E-state index contributed by atoms with van der Waals surface area (Å²) in [7, 11) is 3.13. The van der Waals surface area contributed by atoms with E-state index in [1.165, 1.54) is 0 Å². The zero-order valence-electron chi connectivity index (χ0n) is 14.1. The van der Waals surface area contributed by atoms with E-state index in [1.54, 1.807) is 38.5 Å². The number of amides is 1. The lowest BCUT2D eigenvalue weighted by Crippen LogP contribution is -2.34. The number of ether oxygens (including phenoxy) is 2. The highest BCUT2D eigenvalue weighted by molar-refractivity contribution is 7.80. The molecule has 24 heavy (non-hydrogen) atoms. The van der Waals surface area contributed by atoms with E-state index < -0.39 is 0 Å². The summed E-state index contributed by atoms with van der Waals surface area (Å²) in [5.74, 6) is 0.975. The molecule has 0 aliphatic rings. The second kappa shape index (κ2) is 7.79. The van der Waals surface area contributed by atoms with Crippen molar-refractivity contribution in [2.24, 2.45) is 0 Å². The Labute approximate surface area is 147 Å². The normalized spacial score (nSPS) is 10.0. The van der Waals surface area contributed by atoms with Crippen molar-refractivity contribution >= 4 is 28.9 Å². The maximum absolute atomic E-state index is 12.3. The molecule has 0 spiro atoms. The third kappa shape index (κ3) is 4.23. The van der Waals surface area contributed by atoms with Crippen molar-refractivity contribution in [2.75, 3.05) is 19.5 Å². The van der Waals surface area contributed by atoms with Crippen LogP contribution < -0.4 is 20.1 Å². The molecule has 2 aromatic rings. The van der Waals surface area contributed by atoms with Gasteiger partial charge in [0.1, 0.15) is 11.5 Å². The Bertz CT molecular complexity index is 775. The molecule has 2 rings (SSSR count). The molecule has 0 radical (unpaired) electrons. The molecular weight excluding hydrogens is 324 g/mol. The Morgan fingerprint density at radius 2 is 1.75 bits per heavy atom. The van der Waals surface area contributed by atoms with Gasteiger partial charge in [-0.3, -0.25) is 10.1 Å². The molecule has 2 aromatic carbocycles. The number of rotatable bonds is 4. The molecule has 0 saturated heterocycles. The molecular formula is C18H20N2O3S. The standard InChI is InChI=1S/C18H20N2O3S/c1-11-5-6-13(9-12(11)2)17(21)20-18(24)19-15-8-7-14(22-3)10-16(15)23-4/h5-10H,1-4H3,(H2,19,20,21,24). The Morgan fingerprint density at radius 3 is 2.38 bits per heavy atom. The lowest BCUT2D eigenvalue weighted by Gasteiger charge is -2.14. The largest absolute Gasteiger partial charge is 0.497 e. The molecule has 0 bridgehead atoms. The zero-order chi connectivity index (χ0) is 17.7. The maximum atomic E-state index is 12.3. The molecule has 0 aliphatic heterocycles. The number of hydrogen-bond donors (Lipinski definition) is 2. The molecule has 0 aromatic heterocycles. The highest BCUT2D eigenvalue weighted by Gasteiger charge is 2.11. The molecule has 0 atom stereocenters. The van der Waals surface area contributed by atoms with Crippen molar-refractivity contribution in [3.63, 3.8) is 0 Å². The Kier molecular flexibility index (Phi) is 5.76. The first-order valence-corrected chi connectivity index (χ1v) is 7.77. The van der Waals surface area contributed by atoms with Gasteiger partial charge in [-0.1, -0.05) is 6.07 Å². The monoisotopic (exact) mass is 344 g/mol. The van der Waals surface area contributed by atoms with Crippen LogP contribution in [0.25, 0.3) is 0 Å². The first-order chi connectivity index (χ1) is 11.4. The Hall–Kier alpha value is -2.60. The average Bonchev–Trinajstić information content (AvgIpc) is 2.57. The summed E-state index contributed by atoms with van der Waals surface area (Å²) in [5, 5.41) is 5.82. The summed E-state index contributed by atoms with van der Waals surface area (Å²) < 4.78 is 10.4. The smallest absolute Gasteiger partial charge is 0.257 e. The van der Waals surface area contributed by atoms with Crippen LogP contribution in [0.3, 0.4) is 0 Å². The summed E-state index contributed by atoms with van der Waals surface area (Å²) in [6, 6.07) is 10.8. The van der Waals surface area contributed by atoms with Crippen LogP contribution in [0.1, 0.15) is 21.5 Å². The minimum atomic E-state index is -0.261. The maximum Gasteiger partial charge on any atom is 0.257 e. The second-order valence-corrected chi connectivity index (χ2v) is 5.68. The van der Waals surface area contributed by atoms with E-state index in [9.17, 15) is 4.79 Å². The fraction of sp³-hybridized carbons (Fsp3) is 0.222. The molecule has 1 amide bonds. The van der Waals surface area contributed by atoms with Crippen LogP contribution in [0.5, 0.6) is 11.5 Å². The van der Waals surface area contributed by atoms with Gasteiger partial charge in [0, 0.05) is 11.6 Å². The van der Waals surface area contributed by atoms with Crippen LogP contribution in [-0.2, 0) is 0 Å². The molecule has 0 saturated carbocycles. The number of aryl methyl sites for hydroxylation is 2. The van der Waals surface area contributed by atoms with Crippen LogP contribution >= 0.6 is 12.2 Å². The fourth-order valence-electron chi connectivity index (χ4n) is 2.11. The number of hydrogen-bond acceptors (Lipinski definition) is 4. The first kappa shape index (κ1) is 17.7. The number of methoxy groups -OCH3 is 2. The summed E-state index contributed by atoms with van der Waals surface area (Å²) in [5.41, 5.74) is 3.39. The number of carbonyl (C=O) groups excluding carboxylic acids is 1. The van der Waals surface area contributed by atoms with Crippen molar-refractivity contribution in [3.8, 4) is 11.5 Å². The van der Waals surface area contributed by atoms with E-state index in [1.807, 2.05) is 26.0 Å². The predicted molar refractivity (Wildman–Crippen MR) is 99.1 cm³/mol. The highest BCUT2D eigenvalue weighted by Crippen LogP contribution is 2.28. The minimum Gasteiger partial charge on any atom is -0.497 e. The van der Waals surface area contributed by atoms with E-state index in [0.29, 0.717) is 22.7 Å². The van der Waals surface area contributed by atoms with Gasteiger partial charge >= 0.3 is 0 Å². The van der Waals surface area contributed by atoms with Crippen LogP contribution in [0, 0.1) is 13.8 Å². The fourth-order valence-corrected chi connectivity index (χ4v) is 2.32. The number of anilines is 1. The molecule has 2 N–H and O–H groups in total. The third-order valence-electron chi connectivity index (χ3n) is 3.65. The van der Waals surface area contributed by atoms with Crippen molar-refractivity contribution in [1.29, 1.82) is 0 Å². The number of benzene rings is 2. The number of carbonyl (C=O) groups is 1. The highest BCUT2D eigenvalue weighted by atomic mass is 32.1. The van der Waals surface area contributed by atoms with Gasteiger partial charge in [-0.25, -0.2) is 0 Å². The summed E-state index contributed by atoms with van der Waals surface area (Å²) in [6.45, 7) is 3.96. The van der Waals surface area contributed by atoms with Gasteiger partial charge in [-0.2, -0.15) is 0 Å². The van der Waals surface area contributed by atoms with Crippen LogP contribution in [0.15, 0.2) is 36.4 Å². The Morgan fingerprint density at radius 1 is 1.00 bits per heavy atom. The van der Waals surface area contributed by atoms with Gasteiger partial charge in [0.25, 0.3) is 5.91 Å². The van der Waals surface area contributed by atoms with E-state index in [-0.39, 0.29) is 11.0 Å². The van der Waals surface area contributed by atoms with Gasteiger partial charge in [-0.15, -0.1) is 0 Å². The SMILES string of the molecule is COc1ccc(NC(=S)NC(=O)c2ccc(C)c(C)c2)c(OC)c1. The number of nitrogens with one attached hydrogen (secondary N) is 2. The lowest BCUT2D eigenvalue weighted by atomic mass is 10.1. The lowest BCUT2D eigenvalue weighted by molar-refractivity contribution is 0.0977. The van der Waals surface area contributed by atoms with Crippen LogP contribution in [0.2, 0.25) is 0 Å². The van der Waals surface area contributed by atoms with E-state index in [2.05, 4.69) is 10.6 Å². The summed E-state index contributed by atoms with van der Waals surface area (Å²) in [4.78, 5) is 12.3. The third-order valence-corrected chi connectivity index (χ3v) is 3.86. The Balaban J connectivity index is 2.07. The van der Waals surface area contributed by atoms with Gasteiger partial charge in [0.05, 0.1) is 19.9 Å². The predicted octanol–water partition coefficient (Wildman–Crippen LogP) is 3.45. The van der Waals surface area contributed by atoms with Crippen molar-refractivity contribution in [1.82, 2.24) is 5.32 Å². The topological polar surface area (TPSA) is 59.6 Å². The first-order valence-electron chi connectivity index (χ1n) is 7.36. The van der Waals surface area contributed by atoms with E-state index in [4.69, 9.17) is 21.7 Å². The van der Waals surface area contributed by atoms with Gasteiger partial charge in [-0.05, 0) is 61.5 Å². The molecule has 0 fully saturated rings. The molecule has 5 nitrogen and oxygen atoms in total. The van der Waals surface area contributed by atoms with Crippen molar-refractivity contribution in [2.45, 2.75) is 13.8 Å². The molecule has 126 valence electrons. The zero-order valence-corrected chi connectivity index (χ0v) is 14.9. The quantitative estimate of drug-likeness (QED) is 0.832. The van der Waals surface area contributed by atoms with E-state index >= 15 is 0 Å². The molecule has 0 heterocycles. The minimum absolute atomic E-state index is 0.196. The van der Waals surface area contributed by atoms with E-state index in [0.717, 1.165) is 11.1 Å². The van der Waals surface area contributed by atoms with Crippen molar-refractivity contribution < 1.29 is 14.3 Å². The average molecular weight is 344 g/mol. The summed E-state index contributed by atoms with van der Waals surface area (Å²) in [6.07, 6.45) is 0. The van der Waals surface area contributed by atoms with Crippen LogP contribution in [-0.4, -0.2) is 25.2 Å². The van der Waals surface area contributed by atoms with Crippen LogP contribution in [0.4, 0.5) is 5.69 Å². The molecule has 0 unspecified atom stereocenters. The van der Waals surface area contributed by atoms with Gasteiger partial charge < -0.3 is 14.8 Å². The summed E-state index contributed by atoms with van der Waals surface area (Å²) >= 11 is 5.21. The van der Waals surface area contributed by atoms with Crippen molar-refractivity contribution in [3.05, 3.63) is 53.1 Å².